The van der Waals surface area contributed by atoms with E-state index in [0.29, 0.717) is 23.2 Å². The second kappa shape index (κ2) is 9.41. The molecule has 4 heterocycles. The van der Waals surface area contributed by atoms with Gasteiger partial charge in [-0.3, -0.25) is 4.79 Å². The van der Waals surface area contributed by atoms with Gasteiger partial charge >= 0.3 is 6.18 Å². The highest BCUT2D eigenvalue weighted by Crippen LogP contribution is 2.30. The quantitative estimate of drug-likeness (QED) is 0.363. The number of H-pyrrole nitrogens is 1. The summed E-state index contributed by atoms with van der Waals surface area (Å²) in [6.45, 7) is 0.898. The Morgan fingerprint density at radius 1 is 1.25 bits per heavy atom. The highest BCUT2D eigenvalue weighted by molar-refractivity contribution is 6.02. The average molecular weight is 502 g/mol. The number of halogens is 3. The second-order valence-electron chi connectivity index (χ2n) is 9.05. The van der Waals surface area contributed by atoms with Gasteiger partial charge in [0.2, 0.25) is 5.95 Å². The largest absolute Gasteiger partial charge is 0.408 e. The lowest BCUT2D eigenvalue weighted by Crippen LogP contribution is -2.43. The van der Waals surface area contributed by atoms with Crippen LogP contribution in [0.4, 0.5) is 19.1 Å². The maximum Gasteiger partial charge on any atom is 0.408 e. The number of nitrogens with zero attached hydrogens (tertiary/aromatic N) is 4. The SMILES string of the molecule is CO[C@H]1CC[C@@H](Nc2ncc3c(-c4ccn5ncc(C(=O)N[C@H](C)C(F)(F)F)c5c4)c[nH]c3n2)CC1. The van der Waals surface area contributed by atoms with E-state index in [0.717, 1.165) is 49.1 Å². The number of aromatic amines is 1. The van der Waals surface area contributed by atoms with Crippen LogP contribution in [0.3, 0.4) is 0 Å². The van der Waals surface area contributed by atoms with Gasteiger partial charge in [0, 0.05) is 42.7 Å². The molecule has 4 aromatic heterocycles. The molecule has 0 radical (unpaired) electrons. The highest BCUT2D eigenvalue weighted by Gasteiger charge is 2.37. The Hall–Kier alpha value is -3.67. The van der Waals surface area contributed by atoms with Crippen molar-refractivity contribution in [2.24, 2.45) is 0 Å². The van der Waals surface area contributed by atoms with E-state index in [1.54, 1.807) is 31.8 Å². The molecule has 1 atom stereocenters. The van der Waals surface area contributed by atoms with Crippen LogP contribution in [0.5, 0.6) is 0 Å². The number of anilines is 1. The lowest BCUT2D eigenvalue weighted by Gasteiger charge is -2.28. The summed E-state index contributed by atoms with van der Waals surface area (Å²) < 4.78 is 45.6. The molecule has 4 aromatic rings. The average Bonchev–Trinajstić information content (AvgIpc) is 3.47. The van der Waals surface area contributed by atoms with Crippen LogP contribution in [0.1, 0.15) is 43.0 Å². The van der Waals surface area contributed by atoms with Crippen molar-refractivity contribution in [1.29, 1.82) is 0 Å². The van der Waals surface area contributed by atoms with Gasteiger partial charge in [-0.05, 0) is 50.3 Å². The van der Waals surface area contributed by atoms with Crippen LogP contribution >= 0.6 is 0 Å². The van der Waals surface area contributed by atoms with Gasteiger partial charge in [-0.1, -0.05) is 0 Å². The third-order valence-electron chi connectivity index (χ3n) is 6.69. The van der Waals surface area contributed by atoms with Crippen molar-refractivity contribution in [3.05, 3.63) is 42.5 Å². The second-order valence-corrected chi connectivity index (χ2v) is 9.05. The number of amides is 1. The van der Waals surface area contributed by atoms with E-state index in [1.165, 1.54) is 10.7 Å². The molecule has 1 aliphatic carbocycles. The Morgan fingerprint density at radius 3 is 2.75 bits per heavy atom. The Kier molecular flexibility index (Phi) is 6.29. The number of nitrogens with one attached hydrogen (secondary N) is 3. The van der Waals surface area contributed by atoms with Crippen molar-refractivity contribution in [3.8, 4) is 11.1 Å². The minimum Gasteiger partial charge on any atom is -0.381 e. The third kappa shape index (κ3) is 4.72. The molecule has 0 saturated heterocycles. The number of hydrogen-bond acceptors (Lipinski definition) is 6. The molecule has 9 nitrogen and oxygen atoms in total. The molecule has 36 heavy (non-hydrogen) atoms. The summed E-state index contributed by atoms with van der Waals surface area (Å²) in [6, 6.07) is 1.83. The number of rotatable bonds is 6. The molecule has 0 spiro atoms. The Labute approximate surface area is 204 Å². The van der Waals surface area contributed by atoms with Crippen molar-refractivity contribution in [1.82, 2.24) is 29.9 Å². The summed E-state index contributed by atoms with van der Waals surface area (Å²) in [4.78, 5) is 24.8. The fourth-order valence-corrected chi connectivity index (χ4v) is 4.52. The molecule has 0 bridgehead atoms. The van der Waals surface area contributed by atoms with Crippen LogP contribution in [0.2, 0.25) is 0 Å². The third-order valence-corrected chi connectivity index (χ3v) is 6.69. The fraction of sp³-hybridized carbons (Fsp3) is 0.417. The number of alkyl halides is 3. The minimum absolute atomic E-state index is 0.0544. The molecule has 0 unspecified atom stereocenters. The molecule has 1 aliphatic rings. The maximum atomic E-state index is 12.9. The zero-order valence-electron chi connectivity index (χ0n) is 19.8. The van der Waals surface area contributed by atoms with Crippen LogP contribution in [0.25, 0.3) is 27.7 Å². The molecule has 1 amide bonds. The monoisotopic (exact) mass is 501 g/mol. The standard InChI is InChI=1S/C24H26F3N7O2/c1-13(24(25,26)27)31-22(35)19-12-30-34-8-7-14(9-20(19)34)17-10-28-21-18(17)11-29-23(33-21)32-15-3-5-16(36-2)6-4-15/h7-13,15-16H,3-6H2,1-2H3,(H,31,35)(H2,28,29,32,33)/t13-,15-,16+/m1/s1. The van der Waals surface area contributed by atoms with Crippen molar-refractivity contribution >= 4 is 28.4 Å². The molecule has 5 rings (SSSR count). The van der Waals surface area contributed by atoms with Crippen LogP contribution in [0.15, 0.2) is 36.9 Å². The van der Waals surface area contributed by atoms with Crippen LogP contribution in [-0.4, -0.2) is 61.9 Å². The summed E-state index contributed by atoms with van der Waals surface area (Å²) in [5, 5.41) is 10.3. The predicted molar refractivity (Wildman–Crippen MR) is 128 cm³/mol. The molecular weight excluding hydrogens is 475 g/mol. The van der Waals surface area contributed by atoms with Gasteiger partial charge in [0.1, 0.15) is 11.7 Å². The zero-order chi connectivity index (χ0) is 25.4. The topological polar surface area (TPSA) is 109 Å². The van der Waals surface area contributed by atoms with E-state index in [9.17, 15) is 18.0 Å². The lowest BCUT2D eigenvalue weighted by molar-refractivity contribution is -0.149. The van der Waals surface area contributed by atoms with Gasteiger partial charge in [0.25, 0.3) is 5.91 Å². The highest BCUT2D eigenvalue weighted by atomic mass is 19.4. The van der Waals surface area contributed by atoms with E-state index in [1.807, 2.05) is 11.4 Å². The first-order valence-corrected chi connectivity index (χ1v) is 11.7. The Morgan fingerprint density at radius 2 is 2.03 bits per heavy atom. The number of methoxy groups -OCH3 is 1. The summed E-state index contributed by atoms with van der Waals surface area (Å²) in [5.74, 6) is -0.301. The predicted octanol–water partition coefficient (Wildman–Crippen LogP) is 4.32. The molecule has 1 saturated carbocycles. The first-order valence-electron chi connectivity index (χ1n) is 11.7. The lowest BCUT2D eigenvalue weighted by atomic mass is 9.93. The number of fused-ring (bicyclic) bond motifs is 2. The molecule has 190 valence electrons. The van der Waals surface area contributed by atoms with E-state index in [-0.39, 0.29) is 11.6 Å². The molecule has 1 fully saturated rings. The summed E-state index contributed by atoms with van der Waals surface area (Å²) in [5.41, 5.74) is 2.64. The number of hydrogen-bond donors (Lipinski definition) is 3. The van der Waals surface area contributed by atoms with Crippen molar-refractivity contribution in [2.75, 3.05) is 12.4 Å². The van der Waals surface area contributed by atoms with Gasteiger partial charge < -0.3 is 20.4 Å². The van der Waals surface area contributed by atoms with Crippen molar-refractivity contribution in [3.63, 3.8) is 0 Å². The summed E-state index contributed by atoms with van der Waals surface area (Å²) >= 11 is 0. The number of ether oxygens (including phenoxy) is 1. The van der Waals surface area contributed by atoms with Crippen molar-refractivity contribution < 1.29 is 22.7 Å². The van der Waals surface area contributed by atoms with Gasteiger partial charge in [0.05, 0.1) is 23.4 Å². The molecule has 0 aliphatic heterocycles. The van der Waals surface area contributed by atoms with Crippen LogP contribution in [-0.2, 0) is 4.74 Å². The van der Waals surface area contributed by atoms with Crippen molar-refractivity contribution in [2.45, 2.75) is 57.0 Å². The van der Waals surface area contributed by atoms with Crippen LogP contribution < -0.4 is 10.6 Å². The molecule has 0 aromatic carbocycles. The van der Waals surface area contributed by atoms with Crippen LogP contribution in [0, 0.1) is 0 Å². The van der Waals surface area contributed by atoms with Gasteiger partial charge in [-0.15, -0.1) is 0 Å². The van der Waals surface area contributed by atoms with E-state index in [2.05, 4.69) is 25.4 Å². The first-order chi connectivity index (χ1) is 17.2. The Balaban J connectivity index is 1.38. The molecule has 3 N–H and O–H groups in total. The van der Waals surface area contributed by atoms with E-state index >= 15 is 0 Å². The van der Waals surface area contributed by atoms with E-state index < -0.39 is 18.1 Å². The first kappa shape index (κ1) is 24.0. The Bertz CT molecular complexity index is 1390. The molecular formula is C24H26F3N7O2. The van der Waals surface area contributed by atoms with Gasteiger partial charge in [-0.2, -0.15) is 23.3 Å². The van der Waals surface area contributed by atoms with E-state index in [4.69, 9.17) is 4.74 Å². The fourth-order valence-electron chi connectivity index (χ4n) is 4.52. The van der Waals surface area contributed by atoms with Gasteiger partial charge in [-0.25, -0.2) is 9.50 Å². The number of carbonyl (C=O) groups is 1. The smallest absolute Gasteiger partial charge is 0.381 e. The summed E-state index contributed by atoms with van der Waals surface area (Å²) in [7, 11) is 1.74. The molecule has 12 heteroatoms. The zero-order valence-corrected chi connectivity index (χ0v) is 19.8. The van der Waals surface area contributed by atoms with Gasteiger partial charge in [0.15, 0.2) is 0 Å². The maximum absolute atomic E-state index is 12.9. The number of pyridine rings is 1. The number of carbonyl (C=O) groups excluding carboxylic acids is 1. The number of aromatic nitrogens is 5. The minimum atomic E-state index is -4.54. The summed E-state index contributed by atoms with van der Waals surface area (Å²) in [6.07, 6.45) is 6.17. The normalized spacial score (nSPS) is 19.5.